The highest BCUT2D eigenvalue weighted by Crippen LogP contribution is 2.18. The molecule has 0 aliphatic carbocycles. The molecular formula is C15H20N4S. The van der Waals surface area contributed by atoms with E-state index < -0.39 is 0 Å². The van der Waals surface area contributed by atoms with Crippen LogP contribution in [-0.4, -0.2) is 29.1 Å². The van der Waals surface area contributed by atoms with Crippen molar-refractivity contribution < 1.29 is 0 Å². The van der Waals surface area contributed by atoms with Crippen molar-refractivity contribution in [2.45, 2.75) is 32.4 Å². The zero-order chi connectivity index (χ0) is 13.8. The summed E-state index contributed by atoms with van der Waals surface area (Å²) in [4.78, 5) is 12.4. The van der Waals surface area contributed by atoms with E-state index in [9.17, 15) is 0 Å². The van der Waals surface area contributed by atoms with Gasteiger partial charge in [0.1, 0.15) is 5.82 Å². The largest absolute Gasteiger partial charge is 0.357 e. The summed E-state index contributed by atoms with van der Waals surface area (Å²) in [5.41, 5.74) is 3.09. The van der Waals surface area contributed by atoms with Gasteiger partial charge in [0.15, 0.2) is 0 Å². The average Bonchev–Trinajstić information content (AvgIpc) is 2.92. The number of aromatic nitrogens is 2. The van der Waals surface area contributed by atoms with Gasteiger partial charge < -0.3 is 10.2 Å². The molecule has 5 heteroatoms. The van der Waals surface area contributed by atoms with Gasteiger partial charge in [0.05, 0.1) is 11.2 Å². The van der Waals surface area contributed by atoms with Gasteiger partial charge in [0.2, 0.25) is 0 Å². The molecule has 2 aromatic heterocycles. The Labute approximate surface area is 123 Å². The second kappa shape index (κ2) is 6.33. The van der Waals surface area contributed by atoms with E-state index in [0.717, 1.165) is 31.1 Å². The molecule has 1 aliphatic heterocycles. The number of hydrogen-bond acceptors (Lipinski definition) is 5. The first-order chi connectivity index (χ1) is 9.83. The molecule has 0 spiro atoms. The summed E-state index contributed by atoms with van der Waals surface area (Å²) >= 11 is 1.74. The Morgan fingerprint density at radius 2 is 2.15 bits per heavy atom. The maximum Gasteiger partial charge on any atom is 0.128 e. The minimum absolute atomic E-state index is 0.608. The molecule has 0 bridgehead atoms. The van der Waals surface area contributed by atoms with Gasteiger partial charge in [-0.25, -0.2) is 9.97 Å². The Hall–Kier alpha value is -1.46. The number of nitrogens with one attached hydrogen (secondary N) is 1. The lowest BCUT2D eigenvalue weighted by molar-refractivity contribution is 0.413. The Morgan fingerprint density at radius 1 is 1.30 bits per heavy atom. The second-order valence-corrected chi connectivity index (χ2v) is 6.13. The normalized spacial score (nSPS) is 16.6. The Bertz CT molecular complexity index is 532. The van der Waals surface area contributed by atoms with Gasteiger partial charge in [-0.3, -0.25) is 0 Å². The van der Waals surface area contributed by atoms with E-state index in [2.05, 4.69) is 39.2 Å². The molecule has 106 valence electrons. The zero-order valence-corrected chi connectivity index (χ0v) is 12.6. The molecule has 1 N–H and O–H groups in total. The summed E-state index contributed by atoms with van der Waals surface area (Å²) < 4.78 is 0. The highest BCUT2D eigenvalue weighted by atomic mass is 32.1. The Kier molecular flexibility index (Phi) is 4.28. The lowest BCUT2D eigenvalue weighted by Crippen LogP contribution is -2.42. The highest BCUT2D eigenvalue weighted by Gasteiger charge is 2.19. The minimum atomic E-state index is 0.608. The van der Waals surface area contributed by atoms with Crippen LogP contribution in [-0.2, 0) is 6.54 Å². The minimum Gasteiger partial charge on any atom is -0.357 e. The molecule has 0 amide bonds. The molecule has 0 atom stereocenters. The van der Waals surface area contributed by atoms with E-state index >= 15 is 0 Å². The molecule has 3 rings (SSSR count). The average molecular weight is 288 g/mol. The van der Waals surface area contributed by atoms with Crippen molar-refractivity contribution in [3.63, 3.8) is 0 Å². The Balaban J connectivity index is 1.48. The van der Waals surface area contributed by atoms with E-state index in [1.807, 2.05) is 17.8 Å². The van der Waals surface area contributed by atoms with E-state index in [0.29, 0.717) is 6.04 Å². The number of hydrogen-bond donors (Lipinski definition) is 1. The van der Waals surface area contributed by atoms with Crippen LogP contribution in [0.5, 0.6) is 0 Å². The SMILES string of the molecule is Cc1ncsc1CNC1CCN(c2ccccn2)CC1. The quantitative estimate of drug-likeness (QED) is 0.939. The summed E-state index contributed by atoms with van der Waals surface area (Å²) in [6.45, 7) is 5.19. The molecule has 20 heavy (non-hydrogen) atoms. The molecule has 2 aromatic rings. The van der Waals surface area contributed by atoms with Crippen LogP contribution < -0.4 is 10.2 Å². The van der Waals surface area contributed by atoms with Crippen molar-refractivity contribution in [1.82, 2.24) is 15.3 Å². The molecule has 4 nitrogen and oxygen atoms in total. The predicted molar refractivity (Wildman–Crippen MR) is 83.2 cm³/mol. The first kappa shape index (κ1) is 13.5. The van der Waals surface area contributed by atoms with Gasteiger partial charge in [0.25, 0.3) is 0 Å². The van der Waals surface area contributed by atoms with E-state index in [1.165, 1.54) is 17.7 Å². The van der Waals surface area contributed by atoms with E-state index in [1.54, 1.807) is 11.3 Å². The summed E-state index contributed by atoms with van der Waals surface area (Å²) in [6, 6.07) is 6.72. The number of pyridine rings is 1. The highest BCUT2D eigenvalue weighted by molar-refractivity contribution is 7.09. The second-order valence-electron chi connectivity index (χ2n) is 5.19. The third-order valence-electron chi connectivity index (χ3n) is 3.86. The lowest BCUT2D eigenvalue weighted by Gasteiger charge is -2.33. The van der Waals surface area contributed by atoms with Gasteiger partial charge in [-0.1, -0.05) is 6.07 Å². The molecule has 1 fully saturated rings. The molecule has 0 aromatic carbocycles. The molecular weight excluding hydrogens is 268 g/mol. The fourth-order valence-electron chi connectivity index (χ4n) is 2.59. The monoisotopic (exact) mass is 288 g/mol. The van der Waals surface area contributed by atoms with E-state index in [4.69, 9.17) is 0 Å². The Morgan fingerprint density at radius 3 is 2.80 bits per heavy atom. The predicted octanol–water partition coefficient (Wildman–Crippen LogP) is 2.61. The molecule has 3 heterocycles. The molecule has 1 saturated heterocycles. The lowest BCUT2D eigenvalue weighted by atomic mass is 10.0. The third kappa shape index (κ3) is 3.16. The number of thiazole rings is 1. The smallest absolute Gasteiger partial charge is 0.128 e. The van der Waals surface area contributed by atoms with Crippen LogP contribution in [0.2, 0.25) is 0 Å². The fraction of sp³-hybridized carbons (Fsp3) is 0.467. The maximum atomic E-state index is 4.42. The topological polar surface area (TPSA) is 41.1 Å². The van der Waals surface area contributed by atoms with Crippen LogP contribution in [0.4, 0.5) is 5.82 Å². The summed E-state index contributed by atoms with van der Waals surface area (Å²) in [5.74, 6) is 1.10. The van der Waals surface area contributed by atoms with Crippen molar-refractivity contribution in [1.29, 1.82) is 0 Å². The van der Waals surface area contributed by atoms with Crippen LogP contribution in [0.25, 0.3) is 0 Å². The first-order valence-electron chi connectivity index (χ1n) is 7.11. The van der Waals surface area contributed by atoms with Crippen LogP contribution in [0.15, 0.2) is 29.9 Å². The standard InChI is InChI=1S/C15H20N4S/c1-12-14(20-11-18-12)10-17-13-5-8-19(9-6-13)15-4-2-3-7-16-15/h2-4,7,11,13,17H,5-6,8-10H2,1H3. The van der Waals surface area contributed by atoms with Crippen LogP contribution in [0.1, 0.15) is 23.4 Å². The van der Waals surface area contributed by atoms with Crippen LogP contribution in [0, 0.1) is 6.92 Å². The zero-order valence-electron chi connectivity index (χ0n) is 11.7. The van der Waals surface area contributed by atoms with Gasteiger partial charge in [-0.05, 0) is 31.9 Å². The van der Waals surface area contributed by atoms with Gasteiger partial charge in [0, 0.05) is 36.8 Å². The summed E-state index contributed by atoms with van der Waals surface area (Å²) in [6.07, 6.45) is 4.22. The van der Waals surface area contributed by atoms with Crippen molar-refractivity contribution in [2.24, 2.45) is 0 Å². The van der Waals surface area contributed by atoms with Gasteiger partial charge >= 0.3 is 0 Å². The fourth-order valence-corrected chi connectivity index (χ4v) is 3.31. The molecule has 0 saturated carbocycles. The molecule has 0 unspecified atom stereocenters. The number of anilines is 1. The third-order valence-corrected chi connectivity index (χ3v) is 4.80. The number of piperidine rings is 1. The van der Waals surface area contributed by atoms with Crippen molar-refractivity contribution in [3.8, 4) is 0 Å². The summed E-state index contributed by atoms with van der Waals surface area (Å²) in [5, 5.41) is 3.66. The number of nitrogens with zero attached hydrogens (tertiary/aromatic N) is 3. The van der Waals surface area contributed by atoms with Gasteiger partial charge in [-0.15, -0.1) is 11.3 Å². The molecule has 1 aliphatic rings. The van der Waals surface area contributed by atoms with Crippen molar-refractivity contribution >= 4 is 17.2 Å². The van der Waals surface area contributed by atoms with Crippen LogP contribution >= 0.6 is 11.3 Å². The number of rotatable bonds is 4. The van der Waals surface area contributed by atoms with Crippen LogP contribution in [0.3, 0.4) is 0 Å². The first-order valence-corrected chi connectivity index (χ1v) is 7.99. The van der Waals surface area contributed by atoms with E-state index in [-0.39, 0.29) is 0 Å². The van der Waals surface area contributed by atoms with Gasteiger partial charge in [-0.2, -0.15) is 0 Å². The van der Waals surface area contributed by atoms with Crippen molar-refractivity contribution in [3.05, 3.63) is 40.5 Å². The van der Waals surface area contributed by atoms with Crippen molar-refractivity contribution in [2.75, 3.05) is 18.0 Å². The maximum absolute atomic E-state index is 4.42. The number of aryl methyl sites for hydroxylation is 1. The summed E-state index contributed by atoms with van der Waals surface area (Å²) in [7, 11) is 0. The molecule has 0 radical (unpaired) electrons.